The second-order valence-corrected chi connectivity index (χ2v) is 6.12. The summed E-state index contributed by atoms with van der Waals surface area (Å²) in [5.74, 6) is 0.820. The van der Waals surface area contributed by atoms with E-state index in [1.807, 2.05) is 54.6 Å². The molecule has 0 spiro atoms. The van der Waals surface area contributed by atoms with E-state index in [0.29, 0.717) is 19.5 Å². The Morgan fingerprint density at radius 3 is 2.38 bits per heavy atom. The monoisotopic (exact) mass is 358 g/mol. The Labute approximate surface area is 153 Å². The summed E-state index contributed by atoms with van der Waals surface area (Å²) in [6, 6.07) is 16.8. The fraction of sp³-hybridized carbons (Fsp3) is 0.350. The molecule has 0 aliphatic heterocycles. The topological polar surface area (TPSA) is 90.8 Å². The van der Waals surface area contributed by atoms with Crippen molar-refractivity contribution < 1.29 is 19.7 Å². The van der Waals surface area contributed by atoms with E-state index in [-0.39, 0.29) is 0 Å². The van der Waals surface area contributed by atoms with Crippen LogP contribution in [0.3, 0.4) is 0 Å². The fourth-order valence-electron chi connectivity index (χ4n) is 2.73. The van der Waals surface area contributed by atoms with Gasteiger partial charge in [0.25, 0.3) is 0 Å². The van der Waals surface area contributed by atoms with Gasteiger partial charge in [-0.05, 0) is 42.6 Å². The van der Waals surface area contributed by atoms with Crippen LogP contribution >= 0.6 is 0 Å². The molecule has 0 saturated heterocycles. The minimum atomic E-state index is -1.14. The number of carbonyl (C=O) groups is 1. The van der Waals surface area contributed by atoms with Crippen LogP contribution in [0, 0.1) is 0 Å². The van der Waals surface area contributed by atoms with Crippen LogP contribution in [0.4, 0.5) is 4.79 Å². The lowest BCUT2D eigenvalue weighted by molar-refractivity contribution is 0.118. The van der Waals surface area contributed by atoms with Crippen LogP contribution < -0.4 is 15.4 Å². The first kappa shape index (κ1) is 19.8. The van der Waals surface area contributed by atoms with Crippen LogP contribution in [-0.2, 0) is 12.8 Å². The first-order chi connectivity index (χ1) is 12.6. The lowest BCUT2D eigenvalue weighted by Gasteiger charge is -2.23. The van der Waals surface area contributed by atoms with Crippen LogP contribution in [0.2, 0.25) is 0 Å². The van der Waals surface area contributed by atoms with Gasteiger partial charge in [-0.15, -0.1) is 0 Å². The fourth-order valence-corrected chi connectivity index (χ4v) is 2.73. The van der Waals surface area contributed by atoms with E-state index in [9.17, 15) is 9.90 Å². The average Bonchev–Trinajstić information content (AvgIpc) is 2.65. The molecule has 0 fully saturated rings. The number of hydrogen-bond donors (Lipinski definition) is 4. The molecule has 0 aliphatic rings. The second-order valence-electron chi connectivity index (χ2n) is 6.12. The van der Waals surface area contributed by atoms with Crippen molar-refractivity contribution in [3.63, 3.8) is 0 Å². The highest BCUT2D eigenvalue weighted by Crippen LogP contribution is 2.11. The Morgan fingerprint density at radius 1 is 1.08 bits per heavy atom. The summed E-state index contributed by atoms with van der Waals surface area (Å²) in [5, 5.41) is 25.0. The van der Waals surface area contributed by atoms with E-state index in [4.69, 9.17) is 9.84 Å². The Morgan fingerprint density at radius 2 is 1.77 bits per heavy atom. The highest BCUT2D eigenvalue weighted by molar-refractivity contribution is 5.65. The number of ether oxygens (including phenoxy) is 1. The number of amides is 1. The molecule has 2 aromatic carbocycles. The number of carboxylic acid groups (broad SMARTS) is 1. The van der Waals surface area contributed by atoms with Gasteiger partial charge in [0.15, 0.2) is 0 Å². The maximum absolute atomic E-state index is 11.0. The number of aliphatic hydroxyl groups excluding tert-OH is 1. The van der Waals surface area contributed by atoms with Crippen LogP contribution in [-0.4, -0.2) is 48.7 Å². The van der Waals surface area contributed by atoms with Gasteiger partial charge in [-0.2, -0.15) is 0 Å². The zero-order valence-electron chi connectivity index (χ0n) is 14.9. The Kier molecular flexibility index (Phi) is 7.92. The van der Waals surface area contributed by atoms with Crippen molar-refractivity contribution in [1.82, 2.24) is 10.6 Å². The molecule has 2 aromatic rings. The lowest BCUT2D eigenvalue weighted by Crippen LogP contribution is -2.48. The van der Waals surface area contributed by atoms with E-state index in [0.717, 1.165) is 23.3 Å². The molecule has 0 unspecified atom stereocenters. The summed E-state index contributed by atoms with van der Waals surface area (Å²) < 4.78 is 5.13. The van der Waals surface area contributed by atoms with Gasteiger partial charge in [-0.25, -0.2) is 4.79 Å². The molecule has 2 atom stereocenters. The Bertz CT molecular complexity index is 661. The molecule has 2 rings (SSSR count). The predicted octanol–water partition coefficient (Wildman–Crippen LogP) is 2.07. The van der Waals surface area contributed by atoms with E-state index in [1.54, 1.807) is 7.11 Å². The minimum absolute atomic E-state index is 0.313. The van der Waals surface area contributed by atoms with Crippen LogP contribution in [0.1, 0.15) is 11.1 Å². The quantitative estimate of drug-likeness (QED) is 0.488. The second kappa shape index (κ2) is 10.4. The van der Waals surface area contributed by atoms with Gasteiger partial charge in [0.2, 0.25) is 0 Å². The van der Waals surface area contributed by atoms with Crippen LogP contribution in [0.25, 0.3) is 0 Å². The first-order valence-electron chi connectivity index (χ1n) is 8.63. The van der Waals surface area contributed by atoms with Gasteiger partial charge in [-0.3, -0.25) is 0 Å². The molecular weight excluding hydrogens is 332 g/mol. The number of methoxy groups -OCH3 is 1. The molecule has 4 N–H and O–H groups in total. The number of benzene rings is 2. The summed E-state index contributed by atoms with van der Waals surface area (Å²) in [4.78, 5) is 11.0. The summed E-state index contributed by atoms with van der Waals surface area (Å²) in [6.07, 6.45) is -0.702. The standard InChI is InChI=1S/C20H26N2O4/c1-26-17-9-7-15(8-10-17)11-12-21-14-19(23)18(22-20(24)25)13-16-5-3-2-4-6-16/h2-10,18-19,21-23H,11-14H2,1H3,(H,24,25)/t18-,19-/m0/s1. The summed E-state index contributed by atoms with van der Waals surface area (Å²) in [5.41, 5.74) is 2.14. The van der Waals surface area contributed by atoms with Gasteiger partial charge in [0.1, 0.15) is 5.75 Å². The molecule has 26 heavy (non-hydrogen) atoms. The highest BCUT2D eigenvalue weighted by Gasteiger charge is 2.21. The molecule has 0 aliphatic carbocycles. The molecule has 6 nitrogen and oxygen atoms in total. The van der Waals surface area contributed by atoms with Crippen molar-refractivity contribution in [2.24, 2.45) is 0 Å². The number of rotatable bonds is 10. The van der Waals surface area contributed by atoms with Gasteiger partial charge >= 0.3 is 6.09 Å². The van der Waals surface area contributed by atoms with Crippen molar-refractivity contribution >= 4 is 6.09 Å². The van der Waals surface area contributed by atoms with Crippen molar-refractivity contribution in [1.29, 1.82) is 0 Å². The number of aliphatic hydroxyl groups is 1. The summed E-state index contributed by atoms with van der Waals surface area (Å²) >= 11 is 0. The van der Waals surface area contributed by atoms with Crippen LogP contribution in [0.15, 0.2) is 54.6 Å². The van der Waals surface area contributed by atoms with Crippen molar-refractivity contribution in [2.45, 2.75) is 25.0 Å². The minimum Gasteiger partial charge on any atom is -0.497 e. The molecule has 0 aromatic heterocycles. The smallest absolute Gasteiger partial charge is 0.404 e. The van der Waals surface area contributed by atoms with Crippen LogP contribution in [0.5, 0.6) is 5.75 Å². The number of nitrogens with one attached hydrogen (secondary N) is 2. The van der Waals surface area contributed by atoms with Crippen molar-refractivity contribution in [3.05, 3.63) is 65.7 Å². The maximum atomic E-state index is 11.0. The lowest BCUT2D eigenvalue weighted by atomic mass is 10.0. The third-order valence-corrected chi connectivity index (χ3v) is 4.17. The molecule has 140 valence electrons. The van der Waals surface area contributed by atoms with E-state index in [2.05, 4.69) is 10.6 Å². The van der Waals surface area contributed by atoms with Crippen molar-refractivity contribution in [2.75, 3.05) is 20.2 Å². The molecular formula is C20H26N2O4. The van der Waals surface area contributed by atoms with Crippen molar-refractivity contribution in [3.8, 4) is 5.75 Å². The molecule has 1 amide bonds. The van der Waals surface area contributed by atoms with E-state index in [1.165, 1.54) is 0 Å². The molecule has 0 saturated carbocycles. The third kappa shape index (κ3) is 6.74. The molecule has 0 heterocycles. The summed E-state index contributed by atoms with van der Waals surface area (Å²) in [7, 11) is 1.63. The van der Waals surface area contributed by atoms with Gasteiger partial charge in [-0.1, -0.05) is 42.5 Å². The van der Waals surface area contributed by atoms with Gasteiger partial charge in [0.05, 0.1) is 19.3 Å². The Balaban J connectivity index is 1.80. The molecule has 0 radical (unpaired) electrons. The average molecular weight is 358 g/mol. The molecule has 0 bridgehead atoms. The van der Waals surface area contributed by atoms with Gasteiger partial charge < -0.3 is 25.6 Å². The molecule has 6 heteroatoms. The predicted molar refractivity (Wildman–Crippen MR) is 101 cm³/mol. The number of hydrogen-bond acceptors (Lipinski definition) is 4. The summed E-state index contributed by atoms with van der Waals surface area (Å²) in [6.45, 7) is 1.00. The largest absolute Gasteiger partial charge is 0.497 e. The normalized spacial score (nSPS) is 13.0. The van der Waals surface area contributed by atoms with Gasteiger partial charge in [0, 0.05) is 6.54 Å². The zero-order chi connectivity index (χ0) is 18.8. The van der Waals surface area contributed by atoms with E-state index >= 15 is 0 Å². The SMILES string of the molecule is COc1ccc(CCNC[C@H](O)[C@H](Cc2ccccc2)NC(=O)O)cc1. The highest BCUT2D eigenvalue weighted by atomic mass is 16.5. The first-order valence-corrected chi connectivity index (χ1v) is 8.63. The third-order valence-electron chi connectivity index (χ3n) is 4.17. The van der Waals surface area contributed by atoms with E-state index < -0.39 is 18.2 Å². The Hall–Kier alpha value is -2.57. The zero-order valence-corrected chi connectivity index (χ0v) is 14.9. The maximum Gasteiger partial charge on any atom is 0.404 e.